The van der Waals surface area contributed by atoms with E-state index in [-0.39, 0.29) is 11.7 Å². The number of amides is 1. The largest absolute Gasteiger partial charge is 0.365 e. The monoisotopic (exact) mass is 413 g/mol. The molecule has 0 aliphatic rings. The number of carbonyl (C=O) groups is 1. The van der Waals surface area contributed by atoms with Crippen LogP contribution in [0.15, 0.2) is 36.4 Å². The second kappa shape index (κ2) is 10.6. The number of anilines is 1. The maximum Gasteiger partial charge on any atom is 0.220 e. The van der Waals surface area contributed by atoms with Crippen molar-refractivity contribution < 1.29 is 9.18 Å². The Balaban J connectivity index is 1.54. The Hall–Kier alpha value is -3.07. The van der Waals surface area contributed by atoms with E-state index in [1.165, 1.54) is 12.1 Å². The van der Waals surface area contributed by atoms with Gasteiger partial charge in [-0.3, -0.25) is 4.79 Å². The van der Waals surface area contributed by atoms with Crippen molar-refractivity contribution in [3.05, 3.63) is 53.6 Å². The van der Waals surface area contributed by atoms with Crippen molar-refractivity contribution in [2.75, 3.05) is 31.5 Å². The van der Waals surface area contributed by atoms with Crippen LogP contribution in [0.25, 0.3) is 5.65 Å². The summed E-state index contributed by atoms with van der Waals surface area (Å²) in [5.74, 6) is 1.01. The van der Waals surface area contributed by atoms with Gasteiger partial charge in [-0.2, -0.15) is 4.52 Å². The minimum atomic E-state index is -0.260. The second-order valence-corrected chi connectivity index (χ2v) is 6.96. The number of aryl methyl sites for hydroxylation is 1. The van der Waals surface area contributed by atoms with Gasteiger partial charge in [0, 0.05) is 32.5 Å². The van der Waals surface area contributed by atoms with Gasteiger partial charge in [0.15, 0.2) is 11.5 Å². The summed E-state index contributed by atoms with van der Waals surface area (Å²) in [6.45, 7) is 8.16. The number of hydrogen-bond acceptors (Lipinski definition) is 6. The van der Waals surface area contributed by atoms with E-state index in [1.807, 2.05) is 12.1 Å². The molecule has 0 unspecified atom stereocenters. The average molecular weight is 414 g/mol. The molecule has 2 aromatic heterocycles. The van der Waals surface area contributed by atoms with Crippen LogP contribution in [0.3, 0.4) is 0 Å². The summed E-state index contributed by atoms with van der Waals surface area (Å²) < 4.78 is 14.7. The van der Waals surface area contributed by atoms with E-state index < -0.39 is 0 Å². The van der Waals surface area contributed by atoms with Gasteiger partial charge >= 0.3 is 0 Å². The molecule has 0 bridgehead atoms. The fourth-order valence-electron chi connectivity index (χ4n) is 3.09. The predicted octanol–water partition coefficient (Wildman–Crippen LogP) is 2.27. The summed E-state index contributed by atoms with van der Waals surface area (Å²) in [5.41, 5.74) is 1.57. The number of benzene rings is 1. The normalized spacial score (nSPS) is 11.2. The Kier molecular flexibility index (Phi) is 7.67. The van der Waals surface area contributed by atoms with Crippen LogP contribution in [0.2, 0.25) is 0 Å². The number of rotatable bonds is 11. The first-order valence-corrected chi connectivity index (χ1v) is 10.3. The van der Waals surface area contributed by atoms with Crippen LogP contribution in [-0.2, 0) is 17.8 Å². The van der Waals surface area contributed by atoms with Crippen LogP contribution < -0.4 is 10.6 Å². The van der Waals surface area contributed by atoms with Crippen LogP contribution >= 0.6 is 0 Å². The van der Waals surface area contributed by atoms with E-state index in [2.05, 4.69) is 44.7 Å². The third-order valence-electron chi connectivity index (χ3n) is 4.93. The summed E-state index contributed by atoms with van der Waals surface area (Å²) in [4.78, 5) is 14.4. The van der Waals surface area contributed by atoms with Gasteiger partial charge in [-0.1, -0.05) is 26.0 Å². The first kappa shape index (κ1) is 21.6. The zero-order chi connectivity index (χ0) is 21.3. The smallest absolute Gasteiger partial charge is 0.220 e. The molecule has 30 heavy (non-hydrogen) atoms. The van der Waals surface area contributed by atoms with E-state index in [0.717, 1.165) is 25.2 Å². The van der Waals surface area contributed by atoms with Crippen molar-refractivity contribution in [2.45, 2.75) is 33.2 Å². The molecule has 1 aromatic carbocycles. The topological polar surface area (TPSA) is 87.5 Å². The standard InChI is InChI=1S/C21H28FN7O/c1-3-28(4-2)14-13-23-21(30)12-11-20-26-25-19-10-9-18(27-29(19)20)24-15-16-5-7-17(22)8-6-16/h5-10H,3-4,11-15H2,1-2H3,(H,23,30)(H,24,27). The quantitative estimate of drug-likeness (QED) is 0.501. The minimum absolute atomic E-state index is 0.00973. The van der Waals surface area contributed by atoms with Crippen molar-refractivity contribution in [3.8, 4) is 0 Å². The number of nitrogens with one attached hydrogen (secondary N) is 2. The van der Waals surface area contributed by atoms with Crippen LogP contribution in [0, 0.1) is 5.82 Å². The van der Waals surface area contributed by atoms with Gasteiger partial charge in [0.2, 0.25) is 5.91 Å². The number of fused-ring (bicyclic) bond motifs is 1. The van der Waals surface area contributed by atoms with E-state index >= 15 is 0 Å². The van der Waals surface area contributed by atoms with Crippen LogP contribution in [0.4, 0.5) is 10.2 Å². The predicted molar refractivity (Wildman–Crippen MR) is 114 cm³/mol. The lowest BCUT2D eigenvalue weighted by atomic mass is 10.2. The fourth-order valence-corrected chi connectivity index (χ4v) is 3.09. The Morgan fingerprint density at radius 2 is 1.87 bits per heavy atom. The van der Waals surface area contributed by atoms with Crippen molar-refractivity contribution in [3.63, 3.8) is 0 Å². The first-order valence-electron chi connectivity index (χ1n) is 10.3. The lowest BCUT2D eigenvalue weighted by Crippen LogP contribution is -2.34. The molecular weight excluding hydrogens is 385 g/mol. The molecule has 3 rings (SSSR count). The average Bonchev–Trinajstić information content (AvgIpc) is 3.17. The number of hydrogen-bond donors (Lipinski definition) is 2. The maximum atomic E-state index is 13.0. The third kappa shape index (κ3) is 5.96. The van der Waals surface area contributed by atoms with Gasteiger partial charge in [-0.15, -0.1) is 15.3 Å². The summed E-state index contributed by atoms with van der Waals surface area (Å²) in [6, 6.07) is 9.95. The van der Waals surface area contributed by atoms with Crippen molar-refractivity contribution in [2.24, 2.45) is 0 Å². The van der Waals surface area contributed by atoms with Crippen LogP contribution in [-0.4, -0.2) is 56.8 Å². The van der Waals surface area contributed by atoms with E-state index in [4.69, 9.17) is 0 Å². The highest BCUT2D eigenvalue weighted by Crippen LogP contribution is 2.11. The van der Waals surface area contributed by atoms with E-state index in [1.54, 1.807) is 16.6 Å². The van der Waals surface area contributed by atoms with Gasteiger partial charge in [0.05, 0.1) is 0 Å². The molecule has 0 fully saturated rings. The molecule has 0 radical (unpaired) electrons. The van der Waals surface area contributed by atoms with Crippen molar-refractivity contribution >= 4 is 17.4 Å². The summed E-state index contributed by atoms with van der Waals surface area (Å²) in [7, 11) is 0. The highest BCUT2D eigenvalue weighted by atomic mass is 19.1. The Labute approximate surface area is 175 Å². The second-order valence-electron chi connectivity index (χ2n) is 6.96. The summed E-state index contributed by atoms with van der Waals surface area (Å²) in [5, 5.41) is 19.0. The van der Waals surface area contributed by atoms with E-state index in [9.17, 15) is 9.18 Å². The molecule has 0 atom stereocenters. The molecule has 160 valence electrons. The number of carbonyl (C=O) groups excluding carboxylic acids is 1. The van der Waals surface area contributed by atoms with E-state index in [0.29, 0.717) is 43.2 Å². The molecule has 0 saturated heterocycles. The minimum Gasteiger partial charge on any atom is -0.365 e. The van der Waals surface area contributed by atoms with Crippen LogP contribution in [0.5, 0.6) is 0 Å². The molecule has 0 aliphatic carbocycles. The molecule has 2 heterocycles. The molecule has 0 saturated carbocycles. The molecule has 0 aliphatic heterocycles. The molecule has 8 nitrogen and oxygen atoms in total. The van der Waals surface area contributed by atoms with Gasteiger partial charge in [-0.05, 0) is 42.9 Å². The SMILES string of the molecule is CCN(CC)CCNC(=O)CCc1nnc2ccc(NCc3ccc(F)cc3)nn12. The van der Waals surface area contributed by atoms with Crippen LogP contribution in [0.1, 0.15) is 31.7 Å². The number of nitrogens with zero attached hydrogens (tertiary/aromatic N) is 5. The number of aromatic nitrogens is 4. The number of halogens is 1. The van der Waals surface area contributed by atoms with Gasteiger partial charge in [0.25, 0.3) is 0 Å². The highest BCUT2D eigenvalue weighted by molar-refractivity contribution is 5.76. The van der Waals surface area contributed by atoms with Gasteiger partial charge < -0.3 is 15.5 Å². The maximum absolute atomic E-state index is 13.0. The van der Waals surface area contributed by atoms with Gasteiger partial charge in [0.1, 0.15) is 11.6 Å². The Morgan fingerprint density at radius 1 is 1.10 bits per heavy atom. The third-order valence-corrected chi connectivity index (χ3v) is 4.93. The van der Waals surface area contributed by atoms with Crippen molar-refractivity contribution in [1.82, 2.24) is 30.0 Å². The summed E-state index contributed by atoms with van der Waals surface area (Å²) >= 11 is 0. The van der Waals surface area contributed by atoms with Crippen molar-refractivity contribution in [1.29, 1.82) is 0 Å². The fraction of sp³-hybridized carbons (Fsp3) is 0.429. The molecule has 3 aromatic rings. The molecule has 2 N–H and O–H groups in total. The lowest BCUT2D eigenvalue weighted by Gasteiger charge is -2.17. The Bertz CT molecular complexity index is 954. The molecule has 1 amide bonds. The Morgan fingerprint density at radius 3 is 2.60 bits per heavy atom. The first-order chi connectivity index (χ1) is 14.6. The zero-order valence-electron chi connectivity index (χ0n) is 17.4. The molecule has 9 heteroatoms. The van der Waals surface area contributed by atoms with Gasteiger partial charge in [-0.25, -0.2) is 4.39 Å². The molecular formula is C21H28FN7O. The highest BCUT2D eigenvalue weighted by Gasteiger charge is 2.10. The number of likely N-dealkylation sites (N-methyl/N-ethyl adjacent to an activating group) is 1. The lowest BCUT2D eigenvalue weighted by molar-refractivity contribution is -0.121. The molecule has 0 spiro atoms. The summed E-state index contributed by atoms with van der Waals surface area (Å²) in [6.07, 6.45) is 0.778. The zero-order valence-corrected chi connectivity index (χ0v) is 17.4.